The van der Waals surface area contributed by atoms with Crippen molar-refractivity contribution in [2.24, 2.45) is 5.92 Å². The number of para-hydroxylation sites is 2. The van der Waals surface area contributed by atoms with Crippen molar-refractivity contribution in [1.29, 1.82) is 0 Å². The first-order chi connectivity index (χ1) is 16.0. The highest BCUT2D eigenvalue weighted by atomic mass is 16.5. The standard InChI is InChI=1S/C24H27N5O4/c1-16(2)23(31)28-11-9-24(10-12-28)14-20-26-27-21(22(30)25-15-17-6-5-13-32-17)29(20)18-7-3-4-8-19(18)33-24/h3-8,13,16H,9-12,14-15H2,1-2H3,(H,25,30). The third-order valence-electron chi connectivity index (χ3n) is 6.33. The molecule has 2 amide bonds. The molecule has 1 N–H and O–H groups in total. The minimum atomic E-state index is -0.507. The highest BCUT2D eigenvalue weighted by molar-refractivity contribution is 5.91. The molecule has 0 saturated carbocycles. The Morgan fingerprint density at radius 3 is 2.64 bits per heavy atom. The van der Waals surface area contributed by atoms with Gasteiger partial charge in [-0.15, -0.1) is 10.2 Å². The normalized spacial score (nSPS) is 16.6. The van der Waals surface area contributed by atoms with Crippen molar-refractivity contribution in [3.05, 3.63) is 60.1 Å². The van der Waals surface area contributed by atoms with E-state index in [0.29, 0.717) is 49.7 Å². The number of nitrogens with one attached hydrogen (secondary N) is 1. The predicted molar refractivity (Wildman–Crippen MR) is 119 cm³/mol. The van der Waals surface area contributed by atoms with Gasteiger partial charge in [0.2, 0.25) is 11.7 Å². The molecule has 0 atom stereocenters. The van der Waals surface area contributed by atoms with Gasteiger partial charge in [0.15, 0.2) is 0 Å². The summed E-state index contributed by atoms with van der Waals surface area (Å²) >= 11 is 0. The molecule has 2 aromatic heterocycles. The van der Waals surface area contributed by atoms with Crippen molar-refractivity contribution in [1.82, 2.24) is 25.0 Å². The lowest BCUT2D eigenvalue weighted by Crippen LogP contribution is -2.51. The molecule has 5 rings (SSSR count). The second kappa shape index (κ2) is 8.38. The van der Waals surface area contributed by atoms with Gasteiger partial charge in [-0.2, -0.15) is 0 Å². The maximum atomic E-state index is 13.0. The van der Waals surface area contributed by atoms with Gasteiger partial charge in [0, 0.05) is 38.3 Å². The largest absolute Gasteiger partial charge is 0.484 e. The molecule has 2 aliphatic rings. The summed E-state index contributed by atoms with van der Waals surface area (Å²) in [6, 6.07) is 11.2. The van der Waals surface area contributed by atoms with Gasteiger partial charge in [-0.25, -0.2) is 0 Å². The monoisotopic (exact) mass is 449 g/mol. The van der Waals surface area contributed by atoms with Crippen LogP contribution < -0.4 is 10.1 Å². The van der Waals surface area contributed by atoms with E-state index in [9.17, 15) is 9.59 Å². The van der Waals surface area contributed by atoms with Gasteiger partial charge in [-0.1, -0.05) is 26.0 Å². The smallest absolute Gasteiger partial charge is 0.289 e. The van der Waals surface area contributed by atoms with Gasteiger partial charge in [-0.05, 0) is 24.3 Å². The zero-order valence-corrected chi connectivity index (χ0v) is 18.8. The molecular weight excluding hydrogens is 422 g/mol. The number of nitrogens with zero attached hydrogens (tertiary/aromatic N) is 4. The van der Waals surface area contributed by atoms with E-state index in [2.05, 4.69) is 15.5 Å². The summed E-state index contributed by atoms with van der Waals surface area (Å²) in [5, 5.41) is 11.5. The van der Waals surface area contributed by atoms with Crippen LogP contribution in [0.5, 0.6) is 5.75 Å². The second-order valence-electron chi connectivity index (χ2n) is 8.95. The lowest BCUT2D eigenvalue weighted by atomic mass is 9.87. The van der Waals surface area contributed by atoms with Crippen molar-refractivity contribution >= 4 is 11.8 Å². The summed E-state index contributed by atoms with van der Waals surface area (Å²) < 4.78 is 13.7. The molecule has 33 heavy (non-hydrogen) atoms. The molecule has 1 spiro atoms. The van der Waals surface area contributed by atoms with Gasteiger partial charge >= 0.3 is 0 Å². The fraction of sp³-hybridized carbons (Fsp3) is 0.417. The molecule has 3 aromatic rings. The Morgan fingerprint density at radius 1 is 1.12 bits per heavy atom. The Hall–Kier alpha value is -3.62. The molecule has 9 nitrogen and oxygen atoms in total. The number of fused-ring (bicyclic) bond motifs is 3. The summed E-state index contributed by atoms with van der Waals surface area (Å²) in [5.41, 5.74) is 0.228. The Bertz CT molecular complexity index is 1160. The van der Waals surface area contributed by atoms with Crippen LogP contribution in [0.4, 0.5) is 0 Å². The number of piperidine rings is 1. The van der Waals surface area contributed by atoms with E-state index in [1.807, 2.05) is 43.0 Å². The number of carbonyl (C=O) groups excluding carboxylic acids is 2. The summed E-state index contributed by atoms with van der Waals surface area (Å²) in [6.45, 7) is 5.36. The SMILES string of the molecule is CC(C)C(=O)N1CCC2(CC1)Cc1nnc(C(=O)NCc3ccco3)n1-c1ccccc1O2. The molecule has 172 valence electrons. The van der Waals surface area contributed by atoms with Crippen molar-refractivity contribution in [3.63, 3.8) is 0 Å². The van der Waals surface area contributed by atoms with Crippen LogP contribution in [0.15, 0.2) is 47.1 Å². The third kappa shape index (κ3) is 3.99. The Morgan fingerprint density at radius 2 is 1.91 bits per heavy atom. The molecule has 2 aliphatic heterocycles. The van der Waals surface area contributed by atoms with Gasteiger partial charge in [0.25, 0.3) is 5.91 Å². The molecule has 1 aromatic carbocycles. The number of furan rings is 1. The van der Waals surface area contributed by atoms with Crippen LogP contribution in [0.25, 0.3) is 5.69 Å². The van der Waals surface area contributed by atoms with Crippen molar-refractivity contribution in [3.8, 4) is 11.4 Å². The summed E-state index contributed by atoms with van der Waals surface area (Å²) in [5.74, 6) is 2.01. The van der Waals surface area contributed by atoms with Crippen LogP contribution in [0.2, 0.25) is 0 Å². The van der Waals surface area contributed by atoms with E-state index < -0.39 is 5.60 Å². The molecule has 9 heteroatoms. The first-order valence-electron chi connectivity index (χ1n) is 11.3. The number of aromatic nitrogens is 3. The van der Waals surface area contributed by atoms with E-state index in [4.69, 9.17) is 9.15 Å². The average Bonchev–Trinajstić information content (AvgIpc) is 3.46. The molecule has 0 aliphatic carbocycles. The maximum Gasteiger partial charge on any atom is 0.289 e. The fourth-order valence-corrected chi connectivity index (χ4v) is 4.56. The molecule has 1 saturated heterocycles. The maximum absolute atomic E-state index is 13.0. The topological polar surface area (TPSA) is 102 Å². The highest BCUT2D eigenvalue weighted by Gasteiger charge is 2.43. The minimum Gasteiger partial charge on any atom is -0.484 e. The number of amides is 2. The van der Waals surface area contributed by atoms with Crippen molar-refractivity contribution in [2.45, 2.75) is 45.3 Å². The number of ether oxygens (including phenoxy) is 1. The first-order valence-corrected chi connectivity index (χ1v) is 11.3. The van der Waals surface area contributed by atoms with Crippen LogP contribution in [0.3, 0.4) is 0 Å². The summed E-state index contributed by atoms with van der Waals surface area (Å²) in [6.07, 6.45) is 3.45. The van der Waals surface area contributed by atoms with Crippen LogP contribution in [0, 0.1) is 5.92 Å². The molecule has 4 heterocycles. The Kier molecular flexibility index (Phi) is 5.39. The third-order valence-corrected chi connectivity index (χ3v) is 6.33. The lowest BCUT2D eigenvalue weighted by Gasteiger charge is -2.41. The minimum absolute atomic E-state index is 0.0276. The van der Waals surface area contributed by atoms with Gasteiger partial charge in [0.05, 0.1) is 18.5 Å². The quantitative estimate of drug-likeness (QED) is 0.657. The number of carbonyl (C=O) groups is 2. The first kappa shape index (κ1) is 21.2. The Labute approximate surface area is 191 Å². The molecule has 0 unspecified atom stereocenters. The molecule has 1 fully saturated rings. The highest BCUT2D eigenvalue weighted by Crippen LogP contribution is 2.39. The Balaban J connectivity index is 1.44. The molecule has 0 radical (unpaired) electrons. The van der Waals surface area contributed by atoms with Gasteiger partial charge in [-0.3, -0.25) is 14.2 Å². The van der Waals surface area contributed by atoms with E-state index in [-0.39, 0.29) is 30.1 Å². The van der Waals surface area contributed by atoms with Gasteiger partial charge in [0.1, 0.15) is 22.9 Å². The molecular formula is C24H27N5O4. The van der Waals surface area contributed by atoms with E-state index in [0.717, 1.165) is 5.69 Å². The van der Waals surface area contributed by atoms with E-state index in [1.54, 1.807) is 23.0 Å². The van der Waals surface area contributed by atoms with Crippen LogP contribution in [0.1, 0.15) is 48.9 Å². The van der Waals surface area contributed by atoms with Crippen molar-refractivity contribution < 1.29 is 18.7 Å². The van der Waals surface area contributed by atoms with Gasteiger partial charge < -0.3 is 19.4 Å². The van der Waals surface area contributed by atoms with E-state index >= 15 is 0 Å². The van der Waals surface area contributed by atoms with Crippen LogP contribution >= 0.6 is 0 Å². The lowest BCUT2D eigenvalue weighted by molar-refractivity contribution is -0.138. The average molecular weight is 450 g/mol. The summed E-state index contributed by atoms with van der Waals surface area (Å²) in [7, 11) is 0. The fourth-order valence-electron chi connectivity index (χ4n) is 4.56. The predicted octanol–water partition coefficient (Wildman–Crippen LogP) is 2.74. The van der Waals surface area contributed by atoms with E-state index in [1.165, 1.54) is 0 Å². The summed E-state index contributed by atoms with van der Waals surface area (Å²) in [4.78, 5) is 27.4. The van der Waals surface area contributed by atoms with Crippen molar-refractivity contribution in [2.75, 3.05) is 13.1 Å². The second-order valence-corrected chi connectivity index (χ2v) is 8.95. The number of likely N-dealkylation sites (tertiary alicyclic amines) is 1. The number of hydrogen-bond acceptors (Lipinski definition) is 6. The number of rotatable bonds is 4. The van der Waals surface area contributed by atoms with Crippen LogP contribution in [-0.4, -0.2) is 50.2 Å². The zero-order valence-electron chi connectivity index (χ0n) is 18.8. The number of hydrogen-bond donors (Lipinski definition) is 1. The molecule has 0 bridgehead atoms. The van der Waals surface area contributed by atoms with Crippen LogP contribution in [-0.2, 0) is 17.8 Å². The zero-order chi connectivity index (χ0) is 23.0. The number of benzene rings is 1.